The highest BCUT2D eigenvalue weighted by Crippen LogP contribution is 2.29. The summed E-state index contributed by atoms with van der Waals surface area (Å²) < 4.78 is 0.812. The molecule has 2 nitrogen and oxygen atoms in total. The zero-order valence-corrected chi connectivity index (χ0v) is 13.8. The molecule has 0 unspecified atom stereocenters. The monoisotopic (exact) mass is 371 g/mol. The lowest BCUT2D eigenvalue weighted by molar-refractivity contribution is -0.115. The zero-order valence-electron chi connectivity index (χ0n) is 10.7. The first kappa shape index (κ1) is 15.4. The molecule has 0 heterocycles. The Hall–Kier alpha value is -1.03. The first-order valence-corrected chi connectivity index (χ1v) is 7.50. The number of anilines is 1. The highest BCUT2D eigenvalue weighted by Gasteiger charge is 2.08. The third-order valence-electron chi connectivity index (χ3n) is 2.82. The van der Waals surface area contributed by atoms with Gasteiger partial charge in [0.15, 0.2) is 0 Å². The van der Waals surface area contributed by atoms with Crippen molar-refractivity contribution in [3.63, 3.8) is 0 Å². The van der Waals surface area contributed by atoms with Crippen molar-refractivity contribution >= 4 is 50.7 Å². The number of hydrogen-bond acceptors (Lipinski definition) is 1. The van der Waals surface area contributed by atoms with E-state index in [-0.39, 0.29) is 5.91 Å². The molecule has 0 saturated heterocycles. The fourth-order valence-corrected chi connectivity index (χ4v) is 2.51. The van der Waals surface area contributed by atoms with E-state index in [0.29, 0.717) is 16.5 Å². The van der Waals surface area contributed by atoms with Crippen LogP contribution in [-0.2, 0) is 11.2 Å². The van der Waals surface area contributed by atoms with E-state index >= 15 is 0 Å². The Kier molecular flexibility index (Phi) is 5.08. The number of benzene rings is 2. The lowest BCUT2D eigenvalue weighted by Gasteiger charge is -2.10. The van der Waals surface area contributed by atoms with Crippen LogP contribution in [-0.4, -0.2) is 5.91 Å². The van der Waals surface area contributed by atoms with Gasteiger partial charge in [-0.25, -0.2) is 0 Å². The van der Waals surface area contributed by atoms with Gasteiger partial charge in [0.25, 0.3) is 0 Å². The summed E-state index contributed by atoms with van der Waals surface area (Å²) in [7, 11) is 0. The zero-order chi connectivity index (χ0) is 14.7. The molecule has 0 aromatic heterocycles. The summed E-state index contributed by atoms with van der Waals surface area (Å²) in [5, 5.41) is 4.09. The van der Waals surface area contributed by atoms with Crippen LogP contribution in [0.5, 0.6) is 0 Å². The van der Waals surface area contributed by atoms with Crippen LogP contribution in [0.2, 0.25) is 10.0 Å². The third kappa shape index (κ3) is 3.98. The molecule has 0 saturated carbocycles. The Morgan fingerprint density at radius 2 is 1.85 bits per heavy atom. The topological polar surface area (TPSA) is 29.1 Å². The minimum Gasteiger partial charge on any atom is -0.326 e. The van der Waals surface area contributed by atoms with E-state index in [1.54, 1.807) is 18.2 Å². The van der Waals surface area contributed by atoms with Crippen molar-refractivity contribution in [2.75, 3.05) is 5.32 Å². The van der Waals surface area contributed by atoms with E-state index in [1.807, 2.05) is 25.1 Å². The number of carbonyl (C=O) groups is 1. The van der Waals surface area contributed by atoms with Crippen molar-refractivity contribution in [1.82, 2.24) is 0 Å². The molecule has 0 aliphatic heterocycles. The van der Waals surface area contributed by atoms with Gasteiger partial charge in [-0.15, -0.1) is 0 Å². The lowest BCUT2D eigenvalue weighted by Crippen LogP contribution is -2.15. The standard InChI is InChI=1S/C15H12BrCl2NO/c1-9-6-12(16)13(18)8-14(9)19-15(20)7-10-2-4-11(17)5-3-10/h2-6,8H,7H2,1H3,(H,19,20). The Labute approximate surface area is 136 Å². The normalized spacial score (nSPS) is 10.4. The number of amides is 1. The van der Waals surface area contributed by atoms with Crippen LogP contribution in [0, 0.1) is 6.92 Å². The van der Waals surface area contributed by atoms with Gasteiger partial charge >= 0.3 is 0 Å². The quantitative estimate of drug-likeness (QED) is 0.783. The van der Waals surface area contributed by atoms with Crippen molar-refractivity contribution in [2.24, 2.45) is 0 Å². The molecule has 5 heteroatoms. The first-order valence-electron chi connectivity index (χ1n) is 5.95. The van der Waals surface area contributed by atoms with Crippen LogP contribution in [0.15, 0.2) is 40.9 Å². The average Bonchev–Trinajstić information content (AvgIpc) is 2.39. The third-order valence-corrected chi connectivity index (χ3v) is 4.27. The maximum Gasteiger partial charge on any atom is 0.228 e. The molecule has 1 amide bonds. The number of aryl methyl sites for hydroxylation is 1. The smallest absolute Gasteiger partial charge is 0.228 e. The van der Waals surface area contributed by atoms with E-state index in [2.05, 4.69) is 21.2 Å². The van der Waals surface area contributed by atoms with Crippen molar-refractivity contribution in [3.05, 3.63) is 62.0 Å². The van der Waals surface area contributed by atoms with Crippen LogP contribution in [0.25, 0.3) is 0 Å². The largest absolute Gasteiger partial charge is 0.326 e. The van der Waals surface area contributed by atoms with Gasteiger partial charge < -0.3 is 5.32 Å². The maximum atomic E-state index is 12.0. The molecule has 2 aromatic rings. The predicted octanol–water partition coefficient (Wildman–Crippen LogP) is 5.25. The van der Waals surface area contributed by atoms with Crippen molar-refractivity contribution in [1.29, 1.82) is 0 Å². The second-order valence-electron chi connectivity index (χ2n) is 4.43. The predicted molar refractivity (Wildman–Crippen MR) is 87.7 cm³/mol. The summed E-state index contributed by atoms with van der Waals surface area (Å²) in [6.07, 6.45) is 0.296. The molecular weight excluding hydrogens is 361 g/mol. The minimum atomic E-state index is -0.0891. The lowest BCUT2D eigenvalue weighted by atomic mass is 10.1. The van der Waals surface area contributed by atoms with Crippen LogP contribution in [0.4, 0.5) is 5.69 Å². The van der Waals surface area contributed by atoms with Crippen LogP contribution >= 0.6 is 39.1 Å². The number of rotatable bonds is 3. The number of halogens is 3. The van der Waals surface area contributed by atoms with Crippen molar-refractivity contribution in [3.8, 4) is 0 Å². The maximum absolute atomic E-state index is 12.0. The van der Waals surface area contributed by atoms with Crippen molar-refractivity contribution < 1.29 is 4.79 Å². The molecule has 2 aromatic carbocycles. The Bertz CT molecular complexity index is 641. The van der Waals surface area contributed by atoms with Crippen LogP contribution in [0.1, 0.15) is 11.1 Å². The summed E-state index contributed by atoms with van der Waals surface area (Å²) in [6, 6.07) is 10.8. The molecule has 0 bridgehead atoms. The Morgan fingerprint density at radius 3 is 2.50 bits per heavy atom. The van der Waals surface area contributed by atoms with E-state index in [0.717, 1.165) is 21.3 Å². The highest BCUT2D eigenvalue weighted by molar-refractivity contribution is 9.10. The highest BCUT2D eigenvalue weighted by atomic mass is 79.9. The van der Waals surface area contributed by atoms with Gasteiger partial charge in [-0.2, -0.15) is 0 Å². The summed E-state index contributed by atoms with van der Waals surface area (Å²) in [5.74, 6) is -0.0891. The molecule has 0 radical (unpaired) electrons. The second kappa shape index (κ2) is 6.61. The first-order chi connectivity index (χ1) is 9.45. The van der Waals surface area contributed by atoms with Crippen molar-refractivity contribution in [2.45, 2.75) is 13.3 Å². The molecule has 0 aliphatic rings. The van der Waals surface area contributed by atoms with Crippen LogP contribution < -0.4 is 5.32 Å². The fraction of sp³-hybridized carbons (Fsp3) is 0.133. The van der Waals surface area contributed by atoms with Gasteiger partial charge in [-0.3, -0.25) is 4.79 Å². The summed E-state index contributed by atoms with van der Waals surface area (Å²) in [5.41, 5.74) is 2.58. The second-order valence-corrected chi connectivity index (χ2v) is 6.13. The molecule has 2 rings (SSSR count). The number of carbonyl (C=O) groups excluding carboxylic acids is 1. The summed E-state index contributed by atoms with van der Waals surface area (Å²) >= 11 is 15.2. The molecule has 0 aliphatic carbocycles. The van der Waals surface area contributed by atoms with E-state index in [4.69, 9.17) is 23.2 Å². The average molecular weight is 373 g/mol. The Morgan fingerprint density at radius 1 is 1.20 bits per heavy atom. The number of nitrogens with one attached hydrogen (secondary N) is 1. The molecule has 104 valence electrons. The van der Waals surface area contributed by atoms with Crippen LogP contribution in [0.3, 0.4) is 0 Å². The van der Waals surface area contributed by atoms with E-state index < -0.39 is 0 Å². The van der Waals surface area contributed by atoms with E-state index in [1.165, 1.54) is 0 Å². The fourth-order valence-electron chi connectivity index (χ4n) is 1.76. The van der Waals surface area contributed by atoms with Gasteiger partial charge in [0, 0.05) is 15.2 Å². The molecular formula is C15H12BrCl2NO. The molecule has 20 heavy (non-hydrogen) atoms. The van der Waals surface area contributed by atoms with Gasteiger partial charge in [-0.05, 0) is 58.2 Å². The molecule has 0 spiro atoms. The summed E-state index contributed by atoms with van der Waals surface area (Å²) in [6.45, 7) is 1.92. The minimum absolute atomic E-state index is 0.0891. The molecule has 1 N–H and O–H groups in total. The van der Waals surface area contributed by atoms with Gasteiger partial charge in [0.1, 0.15) is 0 Å². The van der Waals surface area contributed by atoms with Gasteiger partial charge in [0.05, 0.1) is 11.4 Å². The SMILES string of the molecule is Cc1cc(Br)c(Cl)cc1NC(=O)Cc1ccc(Cl)cc1. The van der Waals surface area contributed by atoms with Gasteiger partial charge in [0.2, 0.25) is 5.91 Å². The summed E-state index contributed by atoms with van der Waals surface area (Å²) in [4.78, 5) is 12.0. The number of hydrogen-bond donors (Lipinski definition) is 1. The molecule has 0 fully saturated rings. The Balaban J connectivity index is 2.08. The van der Waals surface area contributed by atoms with Gasteiger partial charge in [-0.1, -0.05) is 35.3 Å². The van der Waals surface area contributed by atoms with E-state index in [9.17, 15) is 4.79 Å². The molecule has 0 atom stereocenters.